The summed E-state index contributed by atoms with van der Waals surface area (Å²) in [5.41, 5.74) is 1.01. The van der Waals surface area contributed by atoms with Crippen molar-refractivity contribution in [2.24, 2.45) is 11.8 Å². The SMILES string of the molecule is CCNCc1cccc(S(=O)(=O)N2CC(C)C(C)C2)c1. The minimum Gasteiger partial charge on any atom is -0.313 e. The fraction of sp³-hybridized carbons (Fsp3) is 0.600. The van der Waals surface area contributed by atoms with E-state index < -0.39 is 10.0 Å². The van der Waals surface area contributed by atoms with Gasteiger partial charge in [-0.15, -0.1) is 0 Å². The number of hydrogen-bond acceptors (Lipinski definition) is 3. The zero-order chi connectivity index (χ0) is 14.8. The van der Waals surface area contributed by atoms with Crippen LogP contribution in [0, 0.1) is 11.8 Å². The van der Waals surface area contributed by atoms with Gasteiger partial charge >= 0.3 is 0 Å². The first-order valence-corrected chi connectivity index (χ1v) is 8.69. The van der Waals surface area contributed by atoms with Gasteiger partial charge in [0.25, 0.3) is 0 Å². The minimum absolute atomic E-state index is 0.411. The summed E-state index contributed by atoms with van der Waals surface area (Å²) < 4.78 is 26.9. The third kappa shape index (κ3) is 3.22. The van der Waals surface area contributed by atoms with E-state index in [1.54, 1.807) is 16.4 Å². The molecule has 1 fully saturated rings. The number of sulfonamides is 1. The van der Waals surface area contributed by atoms with E-state index in [-0.39, 0.29) is 0 Å². The Balaban J connectivity index is 2.21. The fourth-order valence-electron chi connectivity index (χ4n) is 2.51. The van der Waals surface area contributed by atoms with Gasteiger partial charge in [0, 0.05) is 19.6 Å². The highest BCUT2D eigenvalue weighted by atomic mass is 32.2. The van der Waals surface area contributed by atoms with Crippen LogP contribution in [0.4, 0.5) is 0 Å². The summed E-state index contributed by atoms with van der Waals surface area (Å²) >= 11 is 0. The molecule has 20 heavy (non-hydrogen) atoms. The van der Waals surface area contributed by atoms with Gasteiger partial charge in [0.1, 0.15) is 0 Å². The summed E-state index contributed by atoms with van der Waals surface area (Å²) in [6, 6.07) is 7.25. The van der Waals surface area contributed by atoms with Crippen LogP contribution in [0.15, 0.2) is 29.2 Å². The standard InChI is InChI=1S/C15H24N2O2S/c1-4-16-9-14-6-5-7-15(8-14)20(18,19)17-10-12(2)13(3)11-17/h5-8,12-13,16H,4,9-11H2,1-3H3. The van der Waals surface area contributed by atoms with Gasteiger partial charge in [-0.2, -0.15) is 4.31 Å². The molecule has 112 valence electrons. The average molecular weight is 296 g/mol. The summed E-state index contributed by atoms with van der Waals surface area (Å²) in [5, 5.41) is 3.22. The molecule has 0 radical (unpaired) electrons. The first kappa shape index (κ1) is 15.5. The van der Waals surface area contributed by atoms with E-state index in [9.17, 15) is 8.42 Å². The molecular formula is C15H24N2O2S. The quantitative estimate of drug-likeness (QED) is 0.905. The van der Waals surface area contributed by atoms with E-state index in [1.165, 1.54) is 0 Å². The van der Waals surface area contributed by atoms with Gasteiger partial charge < -0.3 is 5.32 Å². The Kier molecular flexibility index (Phi) is 4.83. The second-order valence-corrected chi connectivity index (χ2v) is 7.64. The smallest absolute Gasteiger partial charge is 0.243 e. The maximum atomic E-state index is 12.7. The monoisotopic (exact) mass is 296 g/mol. The summed E-state index contributed by atoms with van der Waals surface area (Å²) in [6.45, 7) is 9.09. The predicted molar refractivity (Wildman–Crippen MR) is 80.9 cm³/mol. The Labute approximate surface area is 122 Å². The van der Waals surface area contributed by atoms with Gasteiger partial charge in [-0.1, -0.05) is 32.9 Å². The van der Waals surface area contributed by atoms with Crippen LogP contribution in [0.3, 0.4) is 0 Å². The lowest BCUT2D eigenvalue weighted by Crippen LogP contribution is -2.29. The summed E-state index contributed by atoms with van der Waals surface area (Å²) in [6.07, 6.45) is 0. The second-order valence-electron chi connectivity index (χ2n) is 5.70. The van der Waals surface area contributed by atoms with Gasteiger partial charge in [0.05, 0.1) is 4.90 Å². The van der Waals surface area contributed by atoms with Crippen molar-refractivity contribution in [1.82, 2.24) is 9.62 Å². The maximum Gasteiger partial charge on any atom is 0.243 e. The van der Waals surface area contributed by atoms with Gasteiger partial charge in [-0.3, -0.25) is 0 Å². The average Bonchev–Trinajstić information content (AvgIpc) is 2.77. The highest BCUT2D eigenvalue weighted by molar-refractivity contribution is 7.89. The Bertz CT molecular complexity index is 547. The van der Waals surface area contributed by atoms with Crippen LogP contribution < -0.4 is 5.32 Å². The molecule has 1 N–H and O–H groups in total. The van der Waals surface area contributed by atoms with Crippen molar-refractivity contribution in [2.45, 2.75) is 32.2 Å². The number of rotatable bonds is 5. The molecule has 2 atom stereocenters. The van der Waals surface area contributed by atoms with Crippen LogP contribution in [-0.2, 0) is 16.6 Å². The van der Waals surface area contributed by atoms with Crippen molar-refractivity contribution < 1.29 is 8.42 Å². The highest BCUT2D eigenvalue weighted by Gasteiger charge is 2.34. The molecule has 0 spiro atoms. The van der Waals surface area contributed by atoms with Gasteiger partial charge in [-0.05, 0) is 36.1 Å². The fourth-order valence-corrected chi connectivity index (χ4v) is 4.22. The number of nitrogens with zero attached hydrogens (tertiary/aromatic N) is 1. The van der Waals surface area contributed by atoms with E-state index in [2.05, 4.69) is 19.2 Å². The lowest BCUT2D eigenvalue weighted by atomic mass is 10.0. The number of benzene rings is 1. The Morgan fingerprint density at radius 2 is 1.90 bits per heavy atom. The zero-order valence-corrected chi connectivity index (χ0v) is 13.3. The second kappa shape index (κ2) is 6.24. The summed E-state index contributed by atoms with van der Waals surface area (Å²) in [7, 11) is -3.35. The van der Waals surface area contributed by atoms with E-state index in [4.69, 9.17) is 0 Å². The molecule has 2 unspecified atom stereocenters. The zero-order valence-electron chi connectivity index (χ0n) is 12.5. The van der Waals surface area contributed by atoms with Crippen LogP contribution in [0.25, 0.3) is 0 Å². The molecular weight excluding hydrogens is 272 g/mol. The maximum absolute atomic E-state index is 12.7. The minimum atomic E-state index is -3.35. The van der Waals surface area contributed by atoms with Gasteiger partial charge in [0.15, 0.2) is 0 Å². The molecule has 5 heteroatoms. The van der Waals surface area contributed by atoms with E-state index in [0.29, 0.717) is 36.4 Å². The van der Waals surface area contributed by atoms with Crippen LogP contribution in [0.5, 0.6) is 0 Å². The molecule has 1 saturated heterocycles. The topological polar surface area (TPSA) is 49.4 Å². The molecule has 1 aromatic carbocycles. The van der Waals surface area contributed by atoms with Crippen LogP contribution in [0.1, 0.15) is 26.3 Å². The third-order valence-corrected chi connectivity index (χ3v) is 5.90. The molecule has 1 aliphatic heterocycles. The van der Waals surface area contributed by atoms with Crippen LogP contribution >= 0.6 is 0 Å². The van der Waals surface area contributed by atoms with E-state index in [1.807, 2.05) is 19.1 Å². The first-order chi connectivity index (χ1) is 9.45. The summed E-state index contributed by atoms with van der Waals surface area (Å²) in [4.78, 5) is 0.411. The molecule has 0 saturated carbocycles. The van der Waals surface area contributed by atoms with Crippen LogP contribution in [-0.4, -0.2) is 32.4 Å². The van der Waals surface area contributed by atoms with Crippen molar-refractivity contribution in [3.05, 3.63) is 29.8 Å². The molecule has 2 rings (SSSR count). The molecule has 4 nitrogen and oxygen atoms in total. The number of nitrogens with one attached hydrogen (secondary N) is 1. The number of hydrogen-bond donors (Lipinski definition) is 1. The van der Waals surface area contributed by atoms with Crippen molar-refractivity contribution in [3.8, 4) is 0 Å². The lowest BCUT2D eigenvalue weighted by Gasteiger charge is -2.16. The highest BCUT2D eigenvalue weighted by Crippen LogP contribution is 2.28. The molecule has 0 bridgehead atoms. The van der Waals surface area contributed by atoms with Crippen molar-refractivity contribution in [3.63, 3.8) is 0 Å². The Hall–Kier alpha value is -0.910. The van der Waals surface area contributed by atoms with Gasteiger partial charge in [-0.25, -0.2) is 8.42 Å². The summed E-state index contributed by atoms with van der Waals surface area (Å²) in [5.74, 6) is 0.851. The first-order valence-electron chi connectivity index (χ1n) is 7.25. The van der Waals surface area contributed by atoms with Crippen molar-refractivity contribution in [1.29, 1.82) is 0 Å². The Morgan fingerprint density at radius 1 is 1.25 bits per heavy atom. The predicted octanol–water partition coefficient (Wildman–Crippen LogP) is 2.07. The Morgan fingerprint density at radius 3 is 2.50 bits per heavy atom. The normalized spacial score (nSPS) is 24.1. The molecule has 1 aromatic rings. The lowest BCUT2D eigenvalue weighted by molar-refractivity contribution is 0.463. The van der Waals surface area contributed by atoms with Crippen LogP contribution in [0.2, 0.25) is 0 Å². The van der Waals surface area contributed by atoms with Crippen molar-refractivity contribution >= 4 is 10.0 Å². The van der Waals surface area contributed by atoms with Gasteiger partial charge in [0.2, 0.25) is 10.0 Å². The molecule has 0 aromatic heterocycles. The van der Waals surface area contributed by atoms with E-state index in [0.717, 1.165) is 12.1 Å². The largest absolute Gasteiger partial charge is 0.313 e. The van der Waals surface area contributed by atoms with E-state index >= 15 is 0 Å². The molecule has 0 amide bonds. The third-order valence-electron chi connectivity index (χ3n) is 4.07. The molecule has 0 aliphatic carbocycles. The molecule has 1 heterocycles. The van der Waals surface area contributed by atoms with Crippen molar-refractivity contribution in [2.75, 3.05) is 19.6 Å². The molecule has 1 aliphatic rings.